The Balaban J connectivity index is 2.33. The maximum absolute atomic E-state index is 10.3. The summed E-state index contributed by atoms with van der Waals surface area (Å²) in [7, 11) is 0. The fourth-order valence-corrected chi connectivity index (χ4v) is 2.04. The highest BCUT2D eigenvalue weighted by Gasteiger charge is 2.16. The van der Waals surface area contributed by atoms with Crippen LogP contribution in [0.5, 0.6) is 0 Å². The van der Waals surface area contributed by atoms with E-state index in [9.17, 15) is 9.90 Å². The summed E-state index contributed by atoms with van der Waals surface area (Å²) in [6, 6.07) is 3.61. The van der Waals surface area contributed by atoms with E-state index < -0.39 is 12.1 Å². The van der Waals surface area contributed by atoms with E-state index in [1.165, 1.54) is 11.3 Å². The van der Waals surface area contributed by atoms with E-state index in [2.05, 4.69) is 5.32 Å². The number of carboxylic acid groups (broad SMARTS) is 1. The maximum Gasteiger partial charge on any atom is 0.304 e. The first kappa shape index (κ1) is 12.2. The topological polar surface area (TPSA) is 69.6 Å². The number of rotatable bonds is 6. The highest BCUT2D eigenvalue weighted by atomic mass is 32.1. The average molecular weight is 229 g/mol. The molecule has 2 atom stereocenters. The summed E-state index contributed by atoms with van der Waals surface area (Å²) in [5, 5.41) is 23.2. The minimum absolute atomic E-state index is 0.0709. The summed E-state index contributed by atoms with van der Waals surface area (Å²) in [6.45, 7) is 2.21. The van der Waals surface area contributed by atoms with Crippen molar-refractivity contribution in [3.63, 3.8) is 0 Å². The fraction of sp³-hybridized carbons (Fsp3) is 0.500. The van der Waals surface area contributed by atoms with E-state index in [0.717, 1.165) is 4.88 Å². The number of aliphatic hydroxyl groups is 1. The molecule has 0 bridgehead atoms. The Bertz CT molecular complexity index is 300. The standard InChI is InChI=1S/C10H15NO3S/c1-7(11-5-4-9(12)13)10(14)8-3-2-6-15-8/h2-3,6-7,10-11,14H,4-5H2,1H3,(H,12,13). The number of aliphatic carboxylic acids is 1. The molecule has 2 unspecified atom stereocenters. The Morgan fingerprint density at radius 1 is 1.67 bits per heavy atom. The molecule has 1 heterocycles. The zero-order valence-electron chi connectivity index (χ0n) is 8.51. The second-order valence-electron chi connectivity index (χ2n) is 3.35. The number of thiophene rings is 1. The fourth-order valence-electron chi connectivity index (χ4n) is 1.22. The predicted molar refractivity (Wildman–Crippen MR) is 59.0 cm³/mol. The van der Waals surface area contributed by atoms with Gasteiger partial charge in [0.05, 0.1) is 6.42 Å². The molecule has 0 aliphatic heterocycles. The van der Waals surface area contributed by atoms with Gasteiger partial charge in [0.25, 0.3) is 0 Å². The van der Waals surface area contributed by atoms with Crippen molar-refractivity contribution in [2.45, 2.75) is 25.5 Å². The molecule has 0 fully saturated rings. The lowest BCUT2D eigenvalue weighted by molar-refractivity contribution is -0.136. The zero-order valence-corrected chi connectivity index (χ0v) is 9.33. The third-order valence-electron chi connectivity index (χ3n) is 2.11. The van der Waals surface area contributed by atoms with Crippen LogP contribution in [0.2, 0.25) is 0 Å². The smallest absolute Gasteiger partial charge is 0.304 e. The van der Waals surface area contributed by atoms with Crippen molar-refractivity contribution in [2.24, 2.45) is 0 Å². The molecule has 0 aliphatic rings. The first-order valence-electron chi connectivity index (χ1n) is 4.78. The first-order chi connectivity index (χ1) is 7.11. The summed E-state index contributed by atoms with van der Waals surface area (Å²) in [4.78, 5) is 11.2. The second-order valence-corrected chi connectivity index (χ2v) is 4.33. The minimum Gasteiger partial charge on any atom is -0.481 e. The van der Waals surface area contributed by atoms with Crippen molar-refractivity contribution in [3.05, 3.63) is 22.4 Å². The largest absolute Gasteiger partial charge is 0.481 e. The molecule has 84 valence electrons. The molecule has 0 amide bonds. The molecule has 0 aliphatic carbocycles. The molecule has 0 spiro atoms. The van der Waals surface area contributed by atoms with Gasteiger partial charge in [0.1, 0.15) is 6.10 Å². The Hall–Kier alpha value is -0.910. The Kier molecular flexibility index (Phi) is 4.74. The van der Waals surface area contributed by atoms with Crippen LogP contribution >= 0.6 is 11.3 Å². The van der Waals surface area contributed by atoms with Gasteiger partial charge in [-0.05, 0) is 18.4 Å². The molecule has 5 heteroatoms. The zero-order chi connectivity index (χ0) is 11.3. The van der Waals surface area contributed by atoms with E-state index in [1.807, 2.05) is 24.4 Å². The quantitative estimate of drug-likeness (QED) is 0.686. The summed E-state index contributed by atoms with van der Waals surface area (Å²) >= 11 is 1.49. The van der Waals surface area contributed by atoms with Gasteiger partial charge in [-0.15, -0.1) is 11.3 Å². The van der Waals surface area contributed by atoms with Gasteiger partial charge in [-0.25, -0.2) is 0 Å². The molecule has 0 saturated heterocycles. The van der Waals surface area contributed by atoms with Crippen LogP contribution in [-0.4, -0.2) is 28.8 Å². The van der Waals surface area contributed by atoms with Gasteiger partial charge in [0.15, 0.2) is 0 Å². The molecule has 1 aromatic rings. The second kappa shape index (κ2) is 5.85. The number of hydrogen-bond acceptors (Lipinski definition) is 4. The van der Waals surface area contributed by atoms with Gasteiger partial charge in [-0.2, -0.15) is 0 Å². The Morgan fingerprint density at radius 2 is 2.40 bits per heavy atom. The summed E-state index contributed by atoms with van der Waals surface area (Å²) in [5.74, 6) is -0.833. The number of aliphatic hydroxyl groups excluding tert-OH is 1. The van der Waals surface area contributed by atoms with E-state index in [1.54, 1.807) is 0 Å². The van der Waals surface area contributed by atoms with Gasteiger partial charge in [-0.3, -0.25) is 4.79 Å². The SMILES string of the molecule is CC(NCCC(=O)O)C(O)c1cccs1. The van der Waals surface area contributed by atoms with Crippen LogP contribution in [0.3, 0.4) is 0 Å². The highest BCUT2D eigenvalue weighted by Crippen LogP contribution is 2.21. The Labute approximate surface area is 92.6 Å². The van der Waals surface area contributed by atoms with E-state index in [-0.39, 0.29) is 12.5 Å². The van der Waals surface area contributed by atoms with Crippen LogP contribution in [0.4, 0.5) is 0 Å². The minimum atomic E-state index is -0.833. The van der Waals surface area contributed by atoms with Crippen LogP contribution in [0, 0.1) is 0 Å². The van der Waals surface area contributed by atoms with Gasteiger partial charge in [0.2, 0.25) is 0 Å². The number of hydrogen-bond donors (Lipinski definition) is 3. The molecule has 0 radical (unpaired) electrons. The van der Waals surface area contributed by atoms with Crippen LogP contribution in [-0.2, 0) is 4.79 Å². The van der Waals surface area contributed by atoms with Crippen molar-refractivity contribution in [1.29, 1.82) is 0 Å². The van der Waals surface area contributed by atoms with Crippen LogP contribution < -0.4 is 5.32 Å². The van der Waals surface area contributed by atoms with Gasteiger partial charge < -0.3 is 15.5 Å². The van der Waals surface area contributed by atoms with Crippen molar-refractivity contribution >= 4 is 17.3 Å². The van der Waals surface area contributed by atoms with Crippen LogP contribution in [0.15, 0.2) is 17.5 Å². The summed E-state index contributed by atoms with van der Waals surface area (Å²) < 4.78 is 0. The maximum atomic E-state index is 10.3. The number of nitrogens with one attached hydrogen (secondary N) is 1. The molecule has 0 saturated carbocycles. The molecule has 1 rings (SSSR count). The predicted octanol–water partition coefficient (Wildman–Crippen LogP) is 1.23. The molecule has 15 heavy (non-hydrogen) atoms. The third kappa shape index (κ3) is 3.99. The van der Waals surface area contributed by atoms with E-state index >= 15 is 0 Å². The molecule has 1 aromatic heterocycles. The Morgan fingerprint density at radius 3 is 2.93 bits per heavy atom. The third-order valence-corrected chi connectivity index (χ3v) is 3.06. The van der Waals surface area contributed by atoms with Gasteiger partial charge in [0, 0.05) is 17.5 Å². The summed E-state index contributed by atoms with van der Waals surface area (Å²) in [6.07, 6.45) is -0.500. The van der Waals surface area contributed by atoms with Crippen molar-refractivity contribution < 1.29 is 15.0 Å². The van der Waals surface area contributed by atoms with Crippen LogP contribution in [0.25, 0.3) is 0 Å². The number of carbonyl (C=O) groups is 1. The van der Waals surface area contributed by atoms with E-state index in [0.29, 0.717) is 6.54 Å². The first-order valence-corrected chi connectivity index (χ1v) is 5.66. The number of carboxylic acids is 1. The molecular weight excluding hydrogens is 214 g/mol. The van der Waals surface area contributed by atoms with E-state index in [4.69, 9.17) is 5.11 Å². The van der Waals surface area contributed by atoms with Gasteiger partial charge in [-0.1, -0.05) is 6.07 Å². The molecule has 3 N–H and O–H groups in total. The lowest BCUT2D eigenvalue weighted by Crippen LogP contribution is -2.33. The average Bonchev–Trinajstić information content (AvgIpc) is 2.68. The highest BCUT2D eigenvalue weighted by molar-refractivity contribution is 7.10. The summed E-state index contributed by atoms with van der Waals surface area (Å²) in [5.41, 5.74) is 0. The van der Waals surface area contributed by atoms with Gasteiger partial charge >= 0.3 is 5.97 Å². The molecular formula is C10H15NO3S. The molecule has 4 nitrogen and oxygen atoms in total. The van der Waals surface area contributed by atoms with Crippen LogP contribution in [0.1, 0.15) is 24.3 Å². The monoisotopic (exact) mass is 229 g/mol. The lowest BCUT2D eigenvalue weighted by atomic mass is 10.1. The van der Waals surface area contributed by atoms with Crippen molar-refractivity contribution in [3.8, 4) is 0 Å². The normalized spacial score (nSPS) is 14.8. The van der Waals surface area contributed by atoms with Crippen molar-refractivity contribution in [1.82, 2.24) is 5.32 Å². The molecule has 0 aromatic carbocycles. The van der Waals surface area contributed by atoms with Crippen molar-refractivity contribution in [2.75, 3.05) is 6.54 Å². The lowest BCUT2D eigenvalue weighted by Gasteiger charge is -2.18.